The van der Waals surface area contributed by atoms with Crippen LogP contribution in [0.1, 0.15) is 77.1 Å². The van der Waals surface area contributed by atoms with Gasteiger partial charge in [0.05, 0.1) is 47.1 Å². The molecule has 4 aromatic rings. The number of benzene rings is 2. The molecule has 4 heterocycles. The number of aliphatic hydroxyl groups excluding tert-OH is 1. The second-order valence-electron chi connectivity index (χ2n) is 16.7. The number of rotatable bonds is 17. The summed E-state index contributed by atoms with van der Waals surface area (Å²) in [5.74, 6) is -4.41. The molecule has 334 valence electrons. The van der Waals surface area contributed by atoms with Crippen molar-refractivity contribution in [3.05, 3.63) is 70.2 Å². The zero-order valence-corrected chi connectivity index (χ0v) is 37.3. The number of ether oxygens (including phenoxy) is 2. The smallest absolute Gasteiger partial charge is 0.257 e. The van der Waals surface area contributed by atoms with Crippen molar-refractivity contribution in [2.45, 2.75) is 91.0 Å². The Kier molecular flexibility index (Phi) is 15.7. The lowest BCUT2D eigenvalue weighted by Crippen LogP contribution is -2.57. The van der Waals surface area contributed by atoms with Crippen LogP contribution >= 0.6 is 22.7 Å². The highest BCUT2D eigenvalue weighted by Crippen LogP contribution is 2.37. The standard InChI is InChI=1S/C44H55F2N7O7S2/c1-26(28-10-12-29(13-11-28)39-27(2)48-25-62-39)49-41(57)34-21-30(54)22-53(34)42(58)40(44(3,4)5)51-35(55)9-7-6-8-16-47-36(56)23-60-38-31(14-15-32(45)37(38)46)33-24-61-43(50-33)52-17-19-59-20-18-52/h10-15,24-26,30,34,40,54H,6-9,16-23H2,1-5H3,(H,47,56)(H,49,57)(H,51,55)/t26?,30-,34+,40?/m1/s1. The maximum Gasteiger partial charge on any atom is 0.257 e. The summed E-state index contributed by atoms with van der Waals surface area (Å²) in [5.41, 5.74) is 4.60. The number of β-amino-alcohol motifs (C(OH)–C–C–N with tert-alkyl or cyclic N) is 1. The number of anilines is 1. The van der Waals surface area contributed by atoms with Gasteiger partial charge in [-0.25, -0.2) is 14.4 Å². The zero-order valence-electron chi connectivity index (χ0n) is 35.7. The van der Waals surface area contributed by atoms with E-state index in [0.29, 0.717) is 51.3 Å². The van der Waals surface area contributed by atoms with E-state index in [4.69, 9.17) is 9.47 Å². The number of likely N-dealkylation sites (tertiary alicyclic amines) is 1. The van der Waals surface area contributed by atoms with E-state index in [0.717, 1.165) is 32.9 Å². The number of morpholine rings is 1. The number of hydrogen-bond donors (Lipinski definition) is 4. The third kappa shape index (κ3) is 11.7. The Morgan fingerprint density at radius 3 is 2.44 bits per heavy atom. The number of nitrogens with one attached hydrogen (secondary N) is 3. The molecule has 4 amide bonds. The van der Waals surface area contributed by atoms with E-state index in [1.165, 1.54) is 22.3 Å². The second kappa shape index (κ2) is 20.9. The molecule has 14 nitrogen and oxygen atoms in total. The van der Waals surface area contributed by atoms with Crippen molar-refractivity contribution >= 4 is 51.4 Å². The molecule has 62 heavy (non-hydrogen) atoms. The van der Waals surface area contributed by atoms with E-state index in [9.17, 15) is 33.1 Å². The minimum Gasteiger partial charge on any atom is -0.480 e. The molecule has 0 aliphatic carbocycles. The minimum absolute atomic E-state index is 0.0340. The van der Waals surface area contributed by atoms with Gasteiger partial charge in [0.1, 0.15) is 12.1 Å². The largest absolute Gasteiger partial charge is 0.480 e. The van der Waals surface area contributed by atoms with Gasteiger partial charge in [-0.05, 0) is 55.4 Å². The normalized spacial score (nSPS) is 17.7. The number of aliphatic hydroxyl groups is 1. The Morgan fingerprint density at radius 2 is 1.74 bits per heavy atom. The first-order valence-corrected chi connectivity index (χ1v) is 22.6. The highest BCUT2D eigenvalue weighted by atomic mass is 32.1. The molecular weight excluding hydrogens is 841 g/mol. The van der Waals surface area contributed by atoms with Gasteiger partial charge >= 0.3 is 0 Å². The number of halogens is 2. The molecule has 0 radical (unpaired) electrons. The van der Waals surface area contributed by atoms with E-state index in [2.05, 4.69) is 30.8 Å². The van der Waals surface area contributed by atoms with E-state index < -0.39 is 59.4 Å². The van der Waals surface area contributed by atoms with Gasteiger partial charge in [0.25, 0.3) is 5.91 Å². The number of aromatic nitrogens is 2. The molecular formula is C44H55F2N7O7S2. The van der Waals surface area contributed by atoms with Crippen LogP contribution in [0.5, 0.6) is 5.75 Å². The molecule has 0 saturated carbocycles. The van der Waals surface area contributed by atoms with Crippen LogP contribution in [0.4, 0.5) is 13.9 Å². The number of thiazole rings is 2. The average molecular weight is 896 g/mol. The Labute approximate surface area is 368 Å². The summed E-state index contributed by atoms with van der Waals surface area (Å²) >= 11 is 2.93. The molecule has 2 aromatic carbocycles. The minimum atomic E-state index is -1.21. The maximum atomic E-state index is 14.9. The average Bonchev–Trinajstić information content (AvgIpc) is 4.01. The van der Waals surface area contributed by atoms with Gasteiger partial charge in [0.2, 0.25) is 23.5 Å². The summed E-state index contributed by atoms with van der Waals surface area (Å²) in [5, 5.41) is 21.7. The molecule has 2 unspecified atom stereocenters. The van der Waals surface area contributed by atoms with Crippen LogP contribution in [0.3, 0.4) is 0 Å². The van der Waals surface area contributed by atoms with E-state index >= 15 is 0 Å². The van der Waals surface area contributed by atoms with Gasteiger partial charge in [0, 0.05) is 50.0 Å². The maximum absolute atomic E-state index is 14.9. The number of carbonyl (C=O) groups is 4. The van der Waals surface area contributed by atoms with Crippen molar-refractivity contribution in [2.24, 2.45) is 5.41 Å². The summed E-state index contributed by atoms with van der Waals surface area (Å²) in [4.78, 5) is 66.9. The monoisotopic (exact) mass is 895 g/mol. The highest BCUT2D eigenvalue weighted by molar-refractivity contribution is 7.14. The van der Waals surface area contributed by atoms with Crippen LogP contribution in [-0.4, -0.2) is 108 Å². The van der Waals surface area contributed by atoms with Gasteiger partial charge in [-0.15, -0.1) is 22.7 Å². The molecule has 2 aliphatic rings. The summed E-state index contributed by atoms with van der Waals surface area (Å²) in [6.07, 6.45) is 0.874. The molecule has 0 bridgehead atoms. The molecule has 6 rings (SSSR count). The zero-order chi connectivity index (χ0) is 44.6. The Bertz CT molecular complexity index is 2190. The van der Waals surface area contributed by atoms with Crippen LogP contribution in [-0.2, 0) is 23.9 Å². The van der Waals surface area contributed by atoms with E-state index in [1.807, 2.05) is 58.9 Å². The lowest BCUT2D eigenvalue weighted by Gasteiger charge is -2.35. The topological polar surface area (TPSA) is 175 Å². The van der Waals surface area contributed by atoms with Gasteiger partial charge in [0.15, 0.2) is 23.3 Å². The molecule has 0 spiro atoms. The van der Waals surface area contributed by atoms with Crippen molar-refractivity contribution in [3.63, 3.8) is 0 Å². The molecule has 2 aromatic heterocycles. The number of unbranched alkanes of at least 4 members (excludes halogenated alkanes) is 2. The van der Waals surface area contributed by atoms with Gasteiger partial charge in [-0.2, -0.15) is 4.39 Å². The molecule has 2 fully saturated rings. The van der Waals surface area contributed by atoms with Crippen molar-refractivity contribution < 1.29 is 42.5 Å². The van der Waals surface area contributed by atoms with Crippen LogP contribution < -0.4 is 25.6 Å². The summed E-state index contributed by atoms with van der Waals surface area (Å²) in [7, 11) is 0. The summed E-state index contributed by atoms with van der Waals surface area (Å²) in [6.45, 7) is 11.5. The Balaban J connectivity index is 0.940. The molecule has 4 atom stereocenters. The number of carbonyl (C=O) groups excluding carboxylic acids is 4. The molecule has 2 aliphatic heterocycles. The van der Waals surface area contributed by atoms with Crippen LogP contribution in [0.15, 0.2) is 47.3 Å². The van der Waals surface area contributed by atoms with Gasteiger partial charge in [-0.1, -0.05) is 51.5 Å². The fourth-order valence-electron chi connectivity index (χ4n) is 7.42. The number of amides is 4. The fourth-order valence-corrected chi connectivity index (χ4v) is 9.11. The SMILES string of the molecule is Cc1ncsc1-c1ccc(C(C)NC(=O)[C@@H]2C[C@@H](O)CN2C(=O)C(NC(=O)CCCCCNC(=O)COc2c(-c3csc(N4CCOCC4)n3)ccc(F)c2F)C(C)(C)C)cc1. The highest BCUT2D eigenvalue weighted by Gasteiger charge is 2.44. The predicted octanol–water partition coefficient (Wildman–Crippen LogP) is 5.78. The van der Waals surface area contributed by atoms with Crippen molar-refractivity contribution in [2.75, 3.05) is 50.9 Å². The lowest BCUT2D eigenvalue weighted by atomic mass is 9.85. The quantitative estimate of drug-likeness (QED) is 0.0952. The van der Waals surface area contributed by atoms with Crippen LogP contribution in [0.25, 0.3) is 21.7 Å². The first-order valence-electron chi connectivity index (χ1n) is 20.9. The lowest BCUT2D eigenvalue weighted by molar-refractivity contribution is -0.144. The second-order valence-corrected chi connectivity index (χ2v) is 18.4. The fraction of sp³-hybridized carbons (Fsp3) is 0.500. The summed E-state index contributed by atoms with van der Waals surface area (Å²) < 4.78 is 40.1. The third-order valence-electron chi connectivity index (χ3n) is 10.9. The first-order chi connectivity index (χ1) is 29.6. The van der Waals surface area contributed by atoms with Gasteiger partial charge < -0.3 is 40.3 Å². The van der Waals surface area contributed by atoms with Gasteiger partial charge in [-0.3, -0.25) is 19.2 Å². The number of aryl methyl sites for hydroxylation is 1. The first kappa shape index (κ1) is 46.5. The van der Waals surface area contributed by atoms with Crippen LogP contribution in [0.2, 0.25) is 0 Å². The number of hydrogen-bond acceptors (Lipinski definition) is 12. The van der Waals surface area contributed by atoms with E-state index in [-0.39, 0.29) is 49.4 Å². The van der Waals surface area contributed by atoms with Crippen molar-refractivity contribution in [3.8, 4) is 27.4 Å². The third-order valence-corrected chi connectivity index (χ3v) is 12.8. The molecule has 4 N–H and O–H groups in total. The van der Waals surface area contributed by atoms with Crippen molar-refractivity contribution in [1.29, 1.82) is 0 Å². The Morgan fingerprint density at radius 1 is 1.00 bits per heavy atom. The number of nitrogens with zero attached hydrogens (tertiary/aromatic N) is 4. The van der Waals surface area contributed by atoms with Crippen LogP contribution in [0, 0.1) is 24.0 Å². The Hall–Kier alpha value is -5.04. The van der Waals surface area contributed by atoms with Crippen molar-refractivity contribution in [1.82, 2.24) is 30.8 Å². The van der Waals surface area contributed by atoms with E-state index in [1.54, 1.807) is 22.2 Å². The summed E-state index contributed by atoms with van der Waals surface area (Å²) in [6, 6.07) is 8.01. The predicted molar refractivity (Wildman–Crippen MR) is 234 cm³/mol. The molecule has 18 heteroatoms. The molecule has 2 saturated heterocycles.